The van der Waals surface area contributed by atoms with Crippen LogP contribution < -0.4 is 0 Å². The number of alkyl halides is 1. The van der Waals surface area contributed by atoms with Gasteiger partial charge >= 0.3 is 0 Å². The van der Waals surface area contributed by atoms with Crippen LogP contribution in [0.4, 0.5) is 0 Å². The Bertz CT molecular complexity index is 141. The highest BCUT2D eigenvalue weighted by Crippen LogP contribution is 2.01. The third-order valence-corrected chi connectivity index (χ3v) is 1.66. The molecule has 0 aliphatic rings. The molecule has 1 aromatic heterocycles. The molecule has 0 atom stereocenters. The second-order valence-corrected chi connectivity index (χ2v) is 2.52. The molecule has 0 aromatic carbocycles. The lowest BCUT2D eigenvalue weighted by Gasteiger charge is -1.83. The van der Waals surface area contributed by atoms with Crippen molar-refractivity contribution in [3.8, 4) is 0 Å². The van der Waals surface area contributed by atoms with Gasteiger partial charge in [-0.2, -0.15) is 0 Å². The van der Waals surface area contributed by atoms with E-state index in [-0.39, 0.29) is 12.4 Å². The molecule has 0 spiro atoms. The van der Waals surface area contributed by atoms with Gasteiger partial charge in [-0.3, -0.25) is 0 Å². The van der Waals surface area contributed by atoms with Crippen LogP contribution in [0.2, 0.25) is 0 Å². The molecule has 0 unspecified atom stereocenters. The van der Waals surface area contributed by atoms with Gasteiger partial charge in [0.25, 0.3) is 0 Å². The van der Waals surface area contributed by atoms with Crippen molar-refractivity contribution in [3.05, 3.63) is 16.6 Å². The van der Waals surface area contributed by atoms with Crippen molar-refractivity contribution in [1.82, 2.24) is 4.98 Å². The summed E-state index contributed by atoms with van der Waals surface area (Å²) in [4.78, 5) is 4.04. The van der Waals surface area contributed by atoms with E-state index in [1.54, 1.807) is 11.3 Å². The van der Waals surface area contributed by atoms with Gasteiger partial charge < -0.3 is 0 Å². The second kappa shape index (κ2) is 5.03. The standard InChI is InChI=1S/C5H6ClNS.ClH/c6-2-1-5-3-8-4-7-5;/h3-4H,1-2H2;1H. The molecule has 52 valence electrons. The van der Waals surface area contributed by atoms with Gasteiger partial charge in [-0.15, -0.1) is 35.3 Å². The molecule has 4 heteroatoms. The van der Waals surface area contributed by atoms with E-state index in [1.165, 1.54) is 0 Å². The normalized spacial score (nSPS) is 8.56. The zero-order chi connectivity index (χ0) is 5.82. The Morgan fingerprint density at radius 2 is 2.44 bits per heavy atom. The molecular formula is C5H7Cl2NS. The smallest absolute Gasteiger partial charge is 0.0794 e. The highest BCUT2D eigenvalue weighted by Gasteiger charge is 1.89. The lowest BCUT2D eigenvalue weighted by molar-refractivity contribution is 1.07. The Morgan fingerprint density at radius 1 is 1.67 bits per heavy atom. The highest BCUT2D eigenvalue weighted by molar-refractivity contribution is 7.07. The molecule has 0 aliphatic heterocycles. The van der Waals surface area contributed by atoms with Crippen molar-refractivity contribution in [3.63, 3.8) is 0 Å². The lowest BCUT2D eigenvalue weighted by atomic mass is 10.4. The number of nitrogens with zero attached hydrogens (tertiary/aromatic N) is 1. The Labute approximate surface area is 69.5 Å². The summed E-state index contributed by atoms with van der Waals surface area (Å²) in [5.41, 5.74) is 2.92. The summed E-state index contributed by atoms with van der Waals surface area (Å²) >= 11 is 7.07. The minimum atomic E-state index is 0. The molecule has 1 aromatic rings. The maximum absolute atomic E-state index is 5.46. The molecule has 0 bridgehead atoms. The summed E-state index contributed by atoms with van der Waals surface area (Å²) in [6.45, 7) is 0. The van der Waals surface area contributed by atoms with Gasteiger partial charge in [0.15, 0.2) is 0 Å². The topological polar surface area (TPSA) is 12.9 Å². The van der Waals surface area contributed by atoms with E-state index in [1.807, 2.05) is 10.9 Å². The Balaban J connectivity index is 0.000000640. The van der Waals surface area contributed by atoms with Gasteiger partial charge in [-0.25, -0.2) is 4.98 Å². The zero-order valence-corrected chi connectivity index (χ0v) is 7.10. The van der Waals surface area contributed by atoms with Gasteiger partial charge in [-0.05, 0) is 0 Å². The molecule has 0 saturated carbocycles. The average molecular weight is 184 g/mol. The first-order chi connectivity index (χ1) is 3.93. The fourth-order valence-corrected chi connectivity index (χ4v) is 1.24. The van der Waals surface area contributed by atoms with Crippen molar-refractivity contribution < 1.29 is 0 Å². The number of aromatic nitrogens is 1. The van der Waals surface area contributed by atoms with E-state index in [9.17, 15) is 0 Å². The molecule has 0 amide bonds. The monoisotopic (exact) mass is 183 g/mol. The van der Waals surface area contributed by atoms with Crippen LogP contribution in [0.1, 0.15) is 5.69 Å². The maximum atomic E-state index is 5.46. The first kappa shape index (κ1) is 9.21. The van der Waals surface area contributed by atoms with Crippen molar-refractivity contribution in [1.29, 1.82) is 0 Å². The fourth-order valence-electron chi connectivity index (χ4n) is 0.458. The maximum Gasteiger partial charge on any atom is 0.0794 e. The van der Waals surface area contributed by atoms with E-state index in [0.717, 1.165) is 12.1 Å². The molecule has 0 saturated heterocycles. The Kier molecular flexibility index (Phi) is 5.15. The van der Waals surface area contributed by atoms with E-state index in [2.05, 4.69) is 4.98 Å². The Hall–Kier alpha value is 0.210. The number of hydrogen-bond donors (Lipinski definition) is 0. The first-order valence-electron chi connectivity index (χ1n) is 2.36. The molecular weight excluding hydrogens is 177 g/mol. The van der Waals surface area contributed by atoms with Crippen molar-refractivity contribution in [2.45, 2.75) is 6.42 Å². The third-order valence-electron chi connectivity index (χ3n) is 0.834. The van der Waals surface area contributed by atoms with Crippen LogP contribution in [-0.4, -0.2) is 10.9 Å². The molecule has 9 heavy (non-hydrogen) atoms. The highest BCUT2D eigenvalue weighted by atomic mass is 35.5. The van der Waals surface area contributed by atoms with Crippen LogP contribution in [-0.2, 0) is 6.42 Å². The summed E-state index contributed by atoms with van der Waals surface area (Å²) in [6.07, 6.45) is 0.894. The van der Waals surface area contributed by atoms with Crippen LogP contribution in [0.15, 0.2) is 10.9 Å². The van der Waals surface area contributed by atoms with Crippen molar-refractivity contribution in [2.24, 2.45) is 0 Å². The van der Waals surface area contributed by atoms with Gasteiger partial charge in [0.05, 0.1) is 11.2 Å². The zero-order valence-electron chi connectivity index (χ0n) is 4.71. The predicted octanol–water partition coefficient (Wildman–Crippen LogP) is 2.35. The minimum Gasteiger partial charge on any atom is -0.250 e. The quantitative estimate of drug-likeness (QED) is 0.643. The number of hydrogen-bond acceptors (Lipinski definition) is 2. The van der Waals surface area contributed by atoms with Crippen LogP contribution in [0.25, 0.3) is 0 Å². The number of thiazole rings is 1. The van der Waals surface area contributed by atoms with E-state index in [4.69, 9.17) is 11.6 Å². The summed E-state index contributed by atoms with van der Waals surface area (Å²) in [5.74, 6) is 0.670. The third kappa shape index (κ3) is 3.04. The average Bonchev–Trinajstić information content (AvgIpc) is 2.19. The molecule has 0 fully saturated rings. The van der Waals surface area contributed by atoms with Gasteiger partial charge in [-0.1, -0.05) is 0 Å². The van der Waals surface area contributed by atoms with Gasteiger partial charge in [0.1, 0.15) is 0 Å². The van der Waals surface area contributed by atoms with Crippen LogP contribution in [0, 0.1) is 0 Å². The number of aryl methyl sites for hydroxylation is 1. The molecule has 1 rings (SSSR count). The Morgan fingerprint density at radius 3 is 2.89 bits per heavy atom. The van der Waals surface area contributed by atoms with Gasteiger partial charge in [0.2, 0.25) is 0 Å². The first-order valence-corrected chi connectivity index (χ1v) is 3.84. The molecule has 1 nitrogen and oxygen atoms in total. The predicted molar refractivity (Wildman–Crippen MR) is 43.8 cm³/mol. The lowest BCUT2D eigenvalue weighted by Crippen LogP contribution is -1.82. The van der Waals surface area contributed by atoms with Gasteiger partial charge in [0, 0.05) is 17.7 Å². The number of halogens is 2. The van der Waals surface area contributed by atoms with E-state index < -0.39 is 0 Å². The summed E-state index contributed by atoms with van der Waals surface area (Å²) in [7, 11) is 0. The molecule has 0 radical (unpaired) electrons. The van der Waals surface area contributed by atoms with Crippen molar-refractivity contribution >= 4 is 35.3 Å². The van der Waals surface area contributed by atoms with E-state index >= 15 is 0 Å². The summed E-state index contributed by atoms with van der Waals surface area (Å²) in [6, 6.07) is 0. The minimum absolute atomic E-state index is 0. The van der Waals surface area contributed by atoms with Crippen LogP contribution >= 0.6 is 35.3 Å². The fraction of sp³-hybridized carbons (Fsp3) is 0.400. The molecule has 1 heterocycles. The van der Waals surface area contributed by atoms with Crippen LogP contribution in [0.3, 0.4) is 0 Å². The largest absolute Gasteiger partial charge is 0.250 e. The SMILES string of the molecule is Cl.ClCCc1cscn1. The molecule has 0 N–H and O–H groups in total. The van der Waals surface area contributed by atoms with Crippen molar-refractivity contribution in [2.75, 3.05) is 5.88 Å². The summed E-state index contributed by atoms with van der Waals surface area (Å²) < 4.78 is 0. The van der Waals surface area contributed by atoms with E-state index in [0.29, 0.717) is 5.88 Å². The second-order valence-electron chi connectivity index (χ2n) is 1.42. The molecule has 0 aliphatic carbocycles. The summed E-state index contributed by atoms with van der Waals surface area (Å²) in [5, 5.41) is 2.02. The number of rotatable bonds is 2. The van der Waals surface area contributed by atoms with Crippen LogP contribution in [0.5, 0.6) is 0 Å².